The minimum Gasteiger partial charge on any atom is -0.481 e. The Balaban J connectivity index is 2.17. The lowest BCUT2D eigenvalue weighted by atomic mass is 10.2. The van der Waals surface area contributed by atoms with E-state index in [1.54, 1.807) is 0 Å². The molecule has 0 atom stereocenters. The number of aliphatic carboxylic acids is 1. The highest BCUT2D eigenvalue weighted by molar-refractivity contribution is 5.67. The number of anilines is 1. The molecule has 20 heavy (non-hydrogen) atoms. The fourth-order valence-corrected chi connectivity index (χ4v) is 1.95. The van der Waals surface area contributed by atoms with Crippen LogP contribution in [0.25, 0.3) is 0 Å². The van der Waals surface area contributed by atoms with Crippen LogP contribution in [0, 0.1) is 13.8 Å². The highest BCUT2D eigenvalue weighted by Crippen LogP contribution is 2.19. The van der Waals surface area contributed by atoms with Crippen molar-refractivity contribution in [2.24, 2.45) is 0 Å². The van der Waals surface area contributed by atoms with Crippen LogP contribution in [0.15, 0.2) is 35.1 Å². The van der Waals surface area contributed by atoms with Crippen molar-refractivity contribution in [1.82, 2.24) is 4.98 Å². The molecule has 0 saturated carbocycles. The lowest BCUT2D eigenvalue weighted by molar-refractivity contribution is -0.136. The monoisotopic (exact) mass is 274 g/mol. The van der Waals surface area contributed by atoms with Crippen LogP contribution in [0.4, 0.5) is 5.69 Å². The lowest BCUT2D eigenvalue weighted by Crippen LogP contribution is -2.26. The Bertz CT molecular complexity index is 575. The summed E-state index contributed by atoms with van der Waals surface area (Å²) in [7, 11) is 0. The molecule has 0 aliphatic heterocycles. The summed E-state index contributed by atoms with van der Waals surface area (Å²) in [6.07, 6.45) is 1.50. The summed E-state index contributed by atoms with van der Waals surface area (Å²) in [5.41, 5.74) is 2.99. The normalized spacial score (nSPS) is 10.5. The average Bonchev–Trinajstić information content (AvgIpc) is 2.81. The van der Waals surface area contributed by atoms with Crippen molar-refractivity contribution in [2.45, 2.75) is 26.8 Å². The van der Waals surface area contributed by atoms with Gasteiger partial charge in [-0.2, -0.15) is 0 Å². The van der Waals surface area contributed by atoms with E-state index in [1.165, 1.54) is 12.0 Å². The second-order valence-corrected chi connectivity index (χ2v) is 4.76. The number of aromatic nitrogens is 1. The van der Waals surface area contributed by atoms with Crippen LogP contribution in [-0.4, -0.2) is 22.6 Å². The Morgan fingerprint density at radius 2 is 2.00 bits per heavy atom. The van der Waals surface area contributed by atoms with Crippen molar-refractivity contribution in [1.29, 1.82) is 0 Å². The number of hydrogen-bond donors (Lipinski definition) is 1. The van der Waals surface area contributed by atoms with Gasteiger partial charge in [0.05, 0.1) is 13.0 Å². The van der Waals surface area contributed by atoms with E-state index < -0.39 is 5.97 Å². The molecule has 2 aromatic rings. The molecule has 0 bridgehead atoms. The summed E-state index contributed by atoms with van der Waals surface area (Å²) >= 11 is 0. The van der Waals surface area contributed by atoms with Gasteiger partial charge in [-0.1, -0.05) is 17.7 Å². The van der Waals surface area contributed by atoms with E-state index >= 15 is 0 Å². The second-order valence-electron chi connectivity index (χ2n) is 4.76. The first-order chi connectivity index (χ1) is 9.56. The summed E-state index contributed by atoms with van der Waals surface area (Å²) < 4.78 is 5.19. The van der Waals surface area contributed by atoms with Crippen LogP contribution in [-0.2, 0) is 11.3 Å². The quantitative estimate of drug-likeness (QED) is 0.877. The van der Waals surface area contributed by atoms with Gasteiger partial charge >= 0.3 is 5.97 Å². The number of rotatable bonds is 6. The highest BCUT2D eigenvalue weighted by atomic mass is 16.4. The third-order valence-corrected chi connectivity index (χ3v) is 3.18. The molecule has 0 aliphatic rings. The number of benzene rings is 1. The largest absolute Gasteiger partial charge is 0.481 e. The van der Waals surface area contributed by atoms with Gasteiger partial charge in [-0.3, -0.25) is 4.79 Å². The standard InChI is InChI=1S/C15H18N2O3/c1-11-3-5-13(6-4-11)17(8-7-15(18)19)9-14-12(2)20-10-16-14/h3-6,10H,7-9H2,1-2H3,(H,18,19). The van der Waals surface area contributed by atoms with E-state index in [0.29, 0.717) is 13.1 Å². The van der Waals surface area contributed by atoms with Crippen LogP contribution in [0.5, 0.6) is 0 Å². The lowest BCUT2D eigenvalue weighted by Gasteiger charge is -2.23. The molecule has 0 amide bonds. The summed E-state index contributed by atoms with van der Waals surface area (Å²) in [4.78, 5) is 17.0. The maximum Gasteiger partial charge on any atom is 0.305 e. The SMILES string of the molecule is Cc1ccc(N(CCC(=O)O)Cc2ncoc2C)cc1. The Hall–Kier alpha value is -2.30. The summed E-state index contributed by atoms with van der Waals surface area (Å²) in [5.74, 6) is -0.0450. The molecule has 5 nitrogen and oxygen atoms in total. The molecule has 1 N–H and O–H groups in total. The number of nitrogens with zero attached hydrogens (tertiary/aromatic N) is 2. The topological polar surface area (TPSA) is 66.6 Å². The summed E-state index contributed by atoms with van der Waals surface area (Å²) in [6.45, 7) is 4.85. The Morgan fingerprint density at radius 1 is 1.30 bits per heavy atom. The Morgan fingerprint density at radius 3 is 2.55 bits per heavy atom. The molecule has 1 aromatic heterocycles. The number of carbonyl (C=O) groups is 1. The van der Waals surface area contributed by atoms with Crippen molar-refractivity contribution in [3.05, 3.63) is 47.7 Å². The smallest absolute Gasteiger partial charge is 0.305 e. The average molecular weight is 274 g/mol. The van der Waals surface area contributed by atoms with E-state index in [0.717, 1.165) is 17.1 Å². The number of hydrogen-bond acceptors (Lipinski definition) is 4. The van der Waals surface area contributed by atoms with Gasteiger partial charge in [0.15, 0.2) is 6.39 Å². The first kappa shape index (κ1) is 14.1. The van der Waals surface area contributed by atoms with Crippen LogP contribution in [0.2, 0.25) is 0 Å². The van der Waals surface area contributed by atoms with Gasteiger partial charge in [0.1, 0.15) is 11.5 Å². The molecular weight excluding hydrogens is 256 g/mol. The molecule has 0 unspecified atom stereocenters. The third-order valence-electron chi connectivity index (χ3n) is 3.18. The van der Waals surface area contributed by atoms with Gasteiger partial charge in [-0.05, 0) is 26.0 Å². The summed E-state index contributed by atoms with van der Waals surface area (Å²) in [6, 6.07) is 8.01. The fraction of sp³-hybridized carbons (Fsp3) is 0.333. The maximum atomic E-state index is 10.8. The first-order valence-corrected chi connectivity index (χ1v) is 6.48. The van der Waals surface area contributed by atoms with Gasteiger partial charge in [0.2, 0.25) is 0 Å². The zero-order valence-electron chi connectivity index (χ0n) is 11.7. The molecular formula is C15H18N2O3. The highest BCUT2D eigenvalue weighted by Gasteiger charge is 2.13. The van der Waals surface area contributed by atoms with Gasteiger partial charge in [-0.25, -0.2) is 4.98 Å². The van der Waals surface area contributed by atoms with Crippen LogP contribution in [0.1, 0.15) is 23.4 Å². The molecule has 0 spiro atoms. The zero-order chi connectivity index (χ0) is 14.5. The van der Waals surface area contributed by atoms with Crippen LogP contribution >= 0.6 is 0 Å². The molecule has 0 saturated heterocycles. The van der Waals surface area contributed by atoms with Gasteiger partial charge in [0, 0.05) is 12.2 Å². The minimum absolute atomic E-state index is 0.0881. The van der Waals surface area contributed by atoms with Crippen molar-refractivity contribution in [2.75, 3.05) is 11.4 Å². The molecule has 0 radical (unpaired) electrons. The molecule has 1 heterocycles. The van der Waals surface area contributed by atoms with Crippen LogP contribution < -0.4 is 4.90 Å². The Kier molecular flexibility index (Phi) is 4.40. The molecule has 1 aromatic carbocycles. The molecule has 0 fully saturated rings. The van der Waals surface area contributed by atoms with Gasteiger partial charge in [0.25, 0.3) is 0 Å². The third kappa shape index (κ3) is 3.60. The zero-order valence-corrected chi connectivity index (χ0v) is 11.7. The molecule has 5 heteroatoms. The van der Waals surface area contributed by atoms with E-state index in [9.17, 15) is 4.79 Å². The number of aryl methyl sites for hydroxylation is 2. The predicted octanol–water partition coefficient (Wildman–Crippen LogP) is 2.77. The van der Waals surface area contributed by atoms with Crippen molar-refractivity contribution < 1.29 is 14.3 Å². The first-order valence-electron chi connectivity index (χ1n) is 6.48. The van der Waals surface area contributed by atoms with Gasteiger partial charge in [-0.15, -0.1) is 0 Å². The van der Waals surface area contributed by atoms with Gasteiger partial charge < -0.3 is 14.4 Å². The predicted molar refractivity (Wildman–Crippen MR) is 75.7 cm³/mol. The fourth-order valence-electron chi connectivity index (χ4n) is 1.95. The second kappa shape index (κ2) is 6.23. The summed E-state index contributed by atoms with van der Waals surface area (Å²) in [5, 5.41) is 8.87. The number of carboxylic acids is 1. The van der Waals surface area contributed by atoms with E-state index in [4.69, 9.17) is 9.52 Å². The van der Waals surface area contributed by atoms with Crippen molar-refractivity contribution in [3.63, 3.8) is 0 Å². The Labute approximate surface area is 117 Å². The van der Waals surface area contributed by atoms with E-state index in [-0.39, 0.29) is 6.42 Å². The molecule has 2 rings (SSSR count). The minimum atomic E-state index is -0.806. The molecule has 0 aliphatic carbocycles. The van der Waals surface area contributed by atoms with E-state index in [2.05, 4.69) is 4.98 Å². The maximum absolute atomic E-state index is 10.8. The number of carboxylic acid groups (broad SMARTS) is 1. The molecule has 106 valence electrons. The van der Waals surface area contributed by atoms with Crippen LogP contribution in [0.3, 0.4) is 0 Å². The van der Waals surface area contributed by atoms with Crippen molar-refractivity contribution >= 4 is 11.7 Å². The van der Waals surface area contributed by atoms with E-state index in [1.807, 2.05) is 43.0 Å². The number of oxazole rings is 1. The van der Waals surface area contributed by atoms with Crippen molar-refractivity contribution in [3.8, 4) is 0 Å².